The van der Waals surface area contributed by atoms with Crippen molar-refractivity contribution in [1.29, 1.82) is 0 Å². The predicted octanol–water partition coefficient (Wildman–Crippen LogP) is 0.519. The van der Waals surface area contributed by atoms with Crippen LogP contribution >= 0.6 is 11.6 Å². The molecule has 64 valence electrons. The molecule has 1 aliphatic heterocycles. The Morgan fingerprint density at radius 2 is 2.55 bits per heavy atom. The summed E-state index contributed by atoms with van der Waals surface area (Å²) in [6.45, 7) is 2.93. The van der Waals surface area contributed by atoms with E-state index in [0.29, 0.717) is 19.6 Å². The molecule has 1 fully saturated rings. The third kappa shape index (κ3) is 2.34. The van der Waals surface area contributed by atoms with Crippen LogP contribution in [0.25, 0.3) is 0 Å². The van der Waals surface area contributed by atoms with Crippen molar-refractivity contribution in [1.82, 2.24) is 5.32 Å². The first-order valence-corrected chi connectivity index (χ1v) is 4.21. The minimum absolute atomic E-state index is 0.0735. The fourth-order valence-electron chi connectivity index (χ4n) is 1.11. The van der Waals surface area contributed by atoms with Crippen LogP contribution in [0.2, 0.25) is 0 Å². The van der Waals surface area contributed by atoms with E-state index in [2.05, 4.69) is 5.32 Å². The Morgan fingerprint density at radius 1 is 1.82 bits per heavy atom. The predicted molar refractivity (Wildman–Crippen MR) is 42.7 cm³/mol. The van der Waals surface area contributed by atoms with Gasteiger partial charge in [-0.25, -0.2) is 0 Å². The van der Waals surface area contributed by atoms with Gasteiger partial charge in [0.2, 0.25) is 0 Å². The van der Waals surface area contributed by atoms with Crippen LogP contribution in [0.3, 0.4) is 0 Å². The van der Waals surface area contributed by atoms with E-state index in [1.807, 2.05) is 0 Å². The molecule has 3 nitrogen and oxygen atoms in total. The van der Waals surface area contributed by atoms with Gasteiger partial charge < -0.3 is 10.1 Å². The van der Waals surface area contributed by atoms with Crippen molar-refractivity contribution in [2.45, 2.75) is 24.8 Å². The maximum absolute atomic E-state index is 11.0. The fourth-order valence-corrected chi connectivity index (χ4v) is 1.38. The number of nitrogens with one attached hydrogen (secondary N) is 1. The minimum atomic E-state index is -0.185. The van der Waals surface area contributed by atoms with Crippen molar-refractivity contribution in [3.63, 3.8) is 0 Å². The first-order valence-electron chi connectivity index (χ1n) is 3.78. The van der Waals surface area contributed by atoms with Crippen LogP contribution in [-0.4, -0.2) is 30.5 Å². The highest BCUT2D eigenvalue weighted by atomic mass is 35.5. The topological polar surface area (TPSA) is 38.3 Å². The summed E-state index contributed by atoms with van der Waals surface area (Å²) in [4.78, 5) is 11.0. The van der Waals surface area contributed by atoms with E-state index in [1.165, 1.54) is 0 Å². The molecule has 0 bridgehead atoms. The Morgan fingerprint density at radius 3 is 3.00 bits per heavy atom. The highest BCUT2D eigenvalue weighted by Crippen LogP contribution is 2.13. The molecule has 0 aromatic rings. The molecule has 0 spiro atoms. The Labute approximate surface area is 71.1 Å². The van der Waals surface area contributed by atoms with Gasteiger partial charge in [0.25, 0.3) is 0 Å². The maximum Gasteiger partial charge on any atom is 0.323 e. The van der Waals surface area contributed by atoms with E-state index in [1.54, 1.807) is 6.92 Å². The lowest BCUT2D eigenvalue weighted by molar-refractivity contribution is -0.145. The molecule has 0 radical (unpaired) electrons. The van der Waals surface area contributed by atoms with Gasteiger partial charge in [-0.2, -0.15) is 0 Å². The number of alkyl halides is 1. The number of carbonyl (C=O) groups is 1. The molecule has 1 N–H and O–H groups in total. The molecule has 1 aliphatic rings. The van der Waals surface area contributed by atoms with Crippen LogP contribution in [0.1, 0.15) is 13.3 Å². The normalized spacial score (nSPS) is 30.4. The summed E-state index contributed by atoms with van der Waals surface area (Å²) >= 11 is 5.78. The van der Waals surface area contributed by atoms with E-state index in [9.17, 15) is 4.79 Å². The largest absolute Gasteiger partial charge is 0.465 e. The average molecular weight is 178 g/mol. The standard InChI is InChI=1S/C7H12ClNO2/c1-2-11-7(10)6-3-5(8)4-9-6/h5-6,9H,2-4H2,1H3/t5?,6-/m0/s1. The summed E-state index contributed by atoms with van der Waals surface area (Å²) in [6, 6.07) is -0.183. The smallest absolute Gasteiger partial charge is 0.323 e. The lowest BCUT2D eigenvalue weighted by atomic mass is 10.2. The van der Waals surface area contributed by atoms with Gasteiger partial charge in [0, 0.05) is 11.9 Å². The minimum Gasteiger partial charge on any atom is -0.465 e. The van der Waals surface area contributed by atoms with Gasteiger partial charge in [-0.05, 0) is 13.3 Å². The van der Waals surface area contributed by atoms with Crippen molar-refractivity contribution < 1.29 is 9.53 Å². The van der Waals surface area contributed by atoms with Gasteiger partial charge in [0.1, 0.15) is 6.04 Å². The number of esters is 1. The van der Waals surface area contributed by atoms with Crippen LogP contribution < -0.4 is 5.32 Å². The molecule has 0 aromatic carbocycles. The van der Waals surface area contributed by atoms with E-state index >= 15 is 0 Å². The molecule has 2 atom stereocenters. The van der Waals surface area contributed by atoms with Crippen molar-refractivity contribution >= 4 is 17.6 Å². The number of halogens is 1. The number of hydrogen-bond acceptors (Lipinski definition) is 3. The first kappa shape index (κ1) is 8.81. The van der Waals surface area contributed by atoms with Crippen molar-refractivity contribution in [3.8, 4) is 0 Å². The van der Waals surface area contributed by atoms with Gasteiger partial charge in [0.05, 0.1) is 6.61 Å². The third-order valence-corrected chi connectivity index (χ3v) is 1.98. The summed E-state index contributed by atoms with van der Waals surface area (Å²) < 4.78 is 4.81. The second-order valence-electron chi connectivity index (χ2n) is 2.55. The zero-order valence-electron chi connectivity index (χ0n) is 6.47. The van der Waals surface area contributed by atoms with E-state index in [0.717, 1.165) is 0 Å². The van der Waals surface area contributed by atoms with Crippen LogP contribution in [0.4, 0.5) is 0 Å². The summed E-state index contributed by atoms with van der Waals surface area (Å²) in [7, 11) is 0. The molecule has 4 heteroatoms. The molecule has 1 saturated heterocycles. The van der Waals surface area contributed by atoms with Crippen molar-refractivity contribution in [3.05, 3.63) is 0 Å². The second-order valence-corrected chi connectivity index (χ2v) is 3.16. The fraction of sp³-hybridized carbons (Fsp3) is 0.857. The van der Waals surface area contributed by atoms with Gasteiger partial charge in [-0.3, -0.25) is 4.79 Å². The lowest BCUT2D eigenvalue weighted by Gasteiger charge is -2.07. The van der Waals surface area contributed by atoms with Gasteiger partial charge >= 0.3 is 5.97 Å². The molecule has 0 aromatic heterocycles. The molecule has 1 heterocycles. The SMILES string of the molecule is CCOC(=O)[C@@H]1CC(Cl)CN1. The van der Waals surface area contributed by atoms with Gasteiger partial charge in [0.15, 0.2) is 0 Å². The Kier molecular flexibility index (Phi) is 3.15. The Bertz CT molecular complexity index is 151. The van der Waals surface area contributed by atoms with Crippen LogP contribution in [0.15, 0.2) is 0 Å². The summed E-state index contributed by atoms with van der Waals surface area (Å²) in [5.41, 5.74) is 0. The Balaban J connectivity index is 2.31. The molecule has 0 amide bonds. The molecule has 1 unspecified atom stereocenters. The van der Waals surface area contributed by atoms with E-state index < -0.39 is 0 Å². The number of ether oxygens (including phenoxy) is 1. The number of carbonyl (C=O) groups excluding carboxylic acids is 1. The summed E-state index contributed by atoms with van der Waals surface area (Å²) in [5, 5.41) is 3.06. The molecule has 0 saturated carbocycles. The summed E-state index contributed by atoms with van der Waals surface area (Å²) in [6.07, 6.45) is 0.681. The zero-order valence-corrected chi connectivity index (χ0v) is 7.23. The molecule has 1 rings (SSSR count). The second kappa shape index (κ2) is 3.93. The van der Waals surface area contributed by atoms with E-state index in [4.69, 9.17) is 16.3 Å². The zero-order chi connectivity index (χ0) is 8.27. The Hall–Kier alpha value is -0.280. The van der Waals surface area contributed by atoms with Crippen LogP contribution in [0.5, 0.6) is 0 Å². The maximum atomic E-state index is 11.0. The summed E-state index contributed by atoms with van der Waals surface area (Å²) in [5.74, 6) is -0.185. The number of hydrogen-bond donors (Lipinski definition) is 1. The quantitative estimate of drug-likeness (QED) is 0.494. The molecule has 0 aliphatic carbocycles. The van der Waals surface area contributed by atoms with Crippen LogP contribution in [-0.2, 0) is 9.53 Å². The van der Waals surface area contributed by atoms with Crippen LogP contribution in [0, 0.1) is 0 Å². The monoisotopic (exact) mass is 177 g/mol. The highest BCUT2D eigenvalue weighted by Gasteiger charge is 2.28. The molecular formula is C7H12ClNO2. The van der Waals surface area contributed by atoms with Gasteiger partial charge in [-0.1, -0.05) is 0 Å². The van der Waals surface area contributed by atoms with Crippen molar-refractivity contribution in [2.24, 2.45) is 0 Å². The number of rotatable bonds is 2. The van der Waals surface area contributed by atoms with Crippen molar-refractivity contribution in [2.75, 3.05) is 13.2 Å². The molecular weight excluding hydrogens is 166 g/mol. The third-order valence-electron chi connectivity index (χ3n) is 1.65. The first-order chi connectivity index (χ1) is 5.24. The lowest BCUT2D eigenvalue weighted by Crippen LogP contribution is -2.32. The highest BCUT2D eigenvalue weighted by molar-refractivity contribution is 6.21. The average Bonchev–Trinajstić information content (AvgIpc) is 2.36. The van der Waals surface area contributed by atoms with Gasteiger partial charge in [-0.15, -0.1) is 11.6 Å². The molecule has 11 heavy (non-hydrogen) atoms. The van der Waals surface area contributed by atoms with E-state index in [-0.39, 0.29) is 17.4 Å².